The van der Waals surface area contributed by atoms with Crippen molar-refractivity contribution in [2.75, 3.05) is 29.5 Å². The van der Waals surface area contributed by atoms with Crippen molar-refractivity contribution in [1.82, 2.24) is 15.3 Å². The number of alkyl halides is 3. The Bertz CT molecular complexity index is 1650. The lowest BCUT2D eigenvalue weighted by Crippen LogP contribution is -2.42. The SMILES string of the molecule is N#CC1(NC(=O)[C@@H]2CCCC[C@H]2c2nc(-c3ccc(C(F)(F)F)nc3)sc2-c2ccc(N3CCS(=O)(=O)CC3)cc2)CC1. The number of carbonyl (C=O) groups excluding carboxylic acids is 1. The number of amides is 1. The van der Waals surface area contributed by atoms with Crippen LogP contribution < -0.4 is 10.2 Å². The maximum Gasteiger partial charge on any atom is 0.433 e. The number of hydrogen-bond acceptors (Lipinski definition) is 8. The predicted octanol–water partition coefficient (Wildman–Crippen LogP) is 5.57. The Kier molecular flexibility index (Phi) is 7.71. The van der Waals surface area contributed by atoms with E-state index in [-0.39, 0.29) is 29.2 Å². The van der Waals surface area contributed by atoms with E-state index in [1.807, 2.05) is 29.2 Å². The van der Waals surface area contributed by atoms with Gasteiger partial charge in [0, 0.05) is 42.4 Å². The second kappa shape index (κ2) is 11.2. The Hall–Kier alpha value is -3.50. The molecule has 1 aromatic carbocycles. The van der Waals surface area contributed by atoms with Crippen molar-refractivity contribution in [3.05, 3.63) is 54.0 Å². The number of nitrogens with one attached hydrogen (secondary N) is 1. The van der Waals surface area contributed by atoms with Crippen molar-refractivity contribution in [3.63, 3.8) is 0 Å². The fraction of sp³-hybridized carbons (Fsp3) is 0.467. The Morgan fingerprint density at radius 3 is 2.33 bits per heavy atom. The maximum atomic E-state index is 13.5. The third-order valence-electron chi connectivity index (χ3n) is 8.57. The van der Waals surface area contributed by atoms with E-state index in [9.17, 15) is 31.6 Å². The zero-order valence-electron chi connectivity index (χ0n) is 23.2. The lowest BCUT2D eigenvalue weighted by Gasteiger charge is -2.31. The number of rotatable bonds is 6. The summed E-state index contributed by atoms with van der Waals surface area (Å²) in [6, 6.07) is 12.3. The minimum absolute atomic E-state index is 0.108. The Morgan fingerprint density at radius 2 is 1.72 bits per heavy atom. The molecule has 1 aliphatic heterocycles. The van der Waals surface area contributed by atoms with Gasteiger partial charge in [-0.25, -0.2) is 13.4 Å². The first-order chi connectivity index (χ1) is 20.5. The van der Waals surface area contributed by atoms with Crippen LogP contribution in [0.25, 0.3) is 21.0 Å². The summed E-state index contributed by atoms with van der Waals surface area (Å²) < 4.78 is 63.2. The molecule has 226 valence electrons. The number of benzene rings is 1. The first-order valence-corrected chi connectivity index (χ1v) is 16.9. The summed E-state index contributed by atoms with van der Waals surface area (Å²) in [7, 11) is -3.02. The molecule has 2 aromatic heterocycles. The number of anilines is 1. The Morgan fingerprint density at radius 1 is 1.05 bits per heavy atom. The molecule has 2 atom stereocenters. The quantitative estimate of drug-likeness (QED) is 0.379. The molecule has 3 fully saturated rings. The van der Waals surface area contributed by atoms with Crippen LogP contribution in [0.4, 0.5) is 18.9 Å². The fourth-order valence-corrected chi connectivity index (χ4v) is 8.22. The molecule has 3 heterocycles. The average Bonchev–Trinajstić information content (AvgIpc) is 3.63. The molecule has 1 amide bonds. The number of thiazole rings is 1. The Balaban J connectivity index is 1.35. The highest BCUT2D eigenvalue weighted by molar-refractivity contribution is 7.91. The molecule has 3 aliphatic rings. The summed E-state index contributed by atoms with van der Waals surface area (Å²) in [5, 5.41) is 13.0. The van der Waals surface area contributed by atoms with Gasteiger partial charge in [-0.2, -0.15) is 18.4 Å². The van der Waals surface area contributed by atoms with Crippen LogP contribution in [0.3, 0.4) is 0 Å². The maximum absolute atomic E-state index is 13.5. The smallest absolute Gasteiger partial charge is 0.369 e. The van der Waals surface area contributed by atoms with Crippen LogP contribution in [0.1, 0.15) is 55.8 Å². The summed E-state index contributed by atoms with van der Waals surface area (Å²) >= 11 is 1.35. The third-order valence-corrected chi connectivity index (χ3v) is 11.4. The fourth-order valence-electron chi connectivity index (χ4n) is 5.89. The summed E-state index contributed by atoms with van der Waals surface area (Å²) in [4.78, 5) is 24.9. The molecular weight excluding hydrogens is 599 g/mol. The molecule has 1 saturated heterocycles. The van der Waals surface area contributed by atoms with Gasteiger partial charge in [0.2, 0.25) is 5.91 Å². The van der Waals surface area contributed by atoms with Crippen LogP contribution in [-0.2, 0) is 20.8 Å². The van der Waals surface area contributed by atoms with E-state index in [2.05, 4.69) is 16.4 Å². The molecule has 2 aliphatic carbocycles. The molecule has 0 radical (unpaired) electrons. The third kappa shape index (κ3) is 6.26. The van der Waals surface area contributed by atoms with Crippen molar-refractivity contribution in [1.29, 1.82) is 5.26 Å². The van der Waals surface area contributed by atoms with Crippen molar-refractivity contribution in [2.45, 2.75) is 56.2 Å². The minimum atomic E-state index is -4.55. The van der Waals surface area contributed by atoms with E-state index in [1.165, 1.54) is 23.6 Å². The van der Waals surface area contributed by atoms with Gasteiger partial charge in [-0.3, -0.25) is 9.78 Å². The number of aromatic nitrogens is 2. The van der Waals surface area contributed by atoms with Gasteiger partial charge in [-0.05, 0) is 55.5 Å². The molecule has 13 heteroatoms. The molecule has 8 nitrogen and oxygen atoms in total. The van der Waals surface area contributed by atoms with Crippen LogP contribution in [0, 0.1) is 17.2 Å². The van der Waals surface area contributed by atoms with Gasteiger partial charge in [0.05, 0.1) is 28.1 Å². The van der Waals surface area contributed by atoms with Crippen molar-refractivity contribution < 1.29 is 26.4 Å². The highest BCUT2D eigenvalue weighted by Crippen LogP contribution is 2.47. The monoisotopic (exact) mass is 629 g/mol. The summed E-state index contributed by atoms with van der Waals surface area (Å²) in [5.41, 5.74) is 1.16. The van der Waals surface area contributed by atoms with E-state index >= 15 is 0 Å². The number of nitrogens with zero attached hydrogens (tertiary/aromatic N) is 4. The summed E-state index contributed by atoms with van der Waals surface area (Å²) in [5.74, 6) is -0.547. The first kappa shape index (κ1) is 29.6. The number of pyridine rings is 1. The van der Waals surface area contributed by atoms with Gasteiger partial charge in [-0.1, -0.05) is 25.0 Å². The van der Waals surface area contributed by atoms with Crippen LogP contribution in [0.2, 0.25) is 0 Å². The minimum Gasteiger partial charge on any atom is -0.369 e. The summed E-state index contributed by atoms with van der Waals surface area (Å²) in [6.07, 6.45) is 1.05. The van der Waals surface area contributed by atoms with Crippen LogP contribution in [0.5, 0.6) is 0 Å². The molecular formula is C30H30F3N5O3S2. The highest BCUT2D eigenvalue weighted by Gasteiger charge is 2.47. The second-order valence-corrected chi connectivity index (χ2v) is 14.8. The highest BCUT2D eigenvalue weighted by atomic mass is 32.2. The molecule has 0 unspecified atom stereocenters. The zero-order valence-corrected chi connectivity index (χ0v) is 24.9. The van der Waals surface area contributed by atoms with Gasteiger partial charge in [0.15, 0.2) is 9.84 Å². The van der Waals surface area contributed by atoms with Crippen molar-refractivity contribution in [3.8, 4) is 27.1 Å². The number of sulfone groups is 1. The predicted molar refractivity (Wildman–Crippen MR) is 157 cm³/mol. The number of carbonyl (C=O) groups is 1. The molecule has 2 saturated carbocycles. The van der Waals surface area contributed by atoms with E-state index < -0.39 is 27.2 Å². The van der Waals surface area contributed by atoms with Crippen LogP contribution >= 0.6 is 11.3 Å². The van der Waals surface area contributed by atoms with Gasteiger partial charge in [0.1, 0.15) is 16.2 Å². The van der Waals surface area contributed by atoms with Gasteiger partial charge in [0.25, 0.3) is 0 Å². The van der Waals surface area contributed by atoms with Crippen LogP contribution in [-0.4, -0.2) is 54.4 Å². The van der Waals surface area contributed by atoms with Crippen LogP contribution in [0.15, 0.2) is 42.6 Å². The standard InChI is InChI=1S/C30H30F3N5O3S2/c31-30(32,33)24-10-7-20(17-35-24)28-36-25(22-3-1-2-4-23(22)27(39)37-29(18-34)11-12-29)26(42-28)19-5-8-21(9-6-19)38-13-15-43(40,41)16-14-38/h5-10,17,22-23H,1-4,11-16H2,(H,37,39)/t22-,23-/m1/s1. The molecule has 0 spiro atoms. The van der Waals surface area contributed by atoms with Crippen molar-refractivity contribution in [2.24, 2.45) is 5.92 Å². The van der Waals surface area contributed by atoms with Gasteiger partial charge >= 0.3 is 6.18 Å². The molecule has 1 N–H and O–H groups in total. The number of halogens is 3. The second-order valence-electron chi connectivity index (χ2n) is 11.5. The summed E-state index contributed by atoms with van der Waals surface area (Å²) in [6.45, 7) is 0.837. The van der Waals surface area contributed by atoms with Gasteiger partial charge in [-0.15, -0.1) is 11.3 Å². The van der Waals surface area contributed by atoms with E-state index in [0.717, 1.165) is 47.2 Å². The average molecular weight is 630 g/mol. The zero-order chi connectivity index (χ0) is 30.4. The lowest BCUT2D eigenvalue weighted by atomic mass is 9.76. The molecule has 43 heavy (non-hydrogen) atoms. The molecule has 6 rings (SSSR count). The largest absolute Gasteiger partial charge is 0.433 e. The number of hydrogen-bond donors (Lipinski definition) is 1. The van der Waals surface area contributed by atoms with E-state index in [0.29, 0.717) is 42.9 Å². The Labute approximate surface area is 251 Å². The topological polar surface area (TPSA) is 116 Å². The van der Waals surface area contributed by atoms with E-state index in [4.69, 9.17) is 4.98 Å². The molecule has 3 aromatic rings. The van der Waals surface area contributed by atoms with E-state index in [1.54, 1.807) is 0 Å². The lowest BCUT2D eigenvalue weighted by molar-refractivity contribution is -0.141. The normalized spacial score (nSPS) is 22.9. The number of nitriles is 1. The van der Waals surface area contributed by atoms with Gasteiger partial charge < -0.3 is 10.2 Å². The van der Waals surface area contributed by atoms with Crippen molar-refractivity contribution >= 4 is 32.8 Å². The molecule has 0 bridgehead atoms. The first-order valence-electron chi connectivity index (χ1n) is 14.3.